The van der Waals surface area contributed by atoms with Crippen LogP contribution in [0.2, 0.25) is 10.0 Å². The van der Waals surface area contributed by atoms with E-state index >= 15 is 0 Å². The summed E-state index contributed by atoms with van der Waals surface area (Å²) in [7, 11) is -4.05. The molecule has 5 nitrogen and oxygen atoms in total. The molecule has 1 N–H and O–H groups in total. The van der Waals surface area contributed by atoms with E-state index in [1.807, 2.05) is 13.8 Å². The second kappa shape index (κ2) is 5.63. The van der Waals surface area contributed by atoms with Gasteiger partial charge in [0.1, 0.15) is 5.75 Å². The van der Waals surface area contributed by atoms with Crippen LogP contribution in [-0.2, 0) is 10.1 Å². The monoisotopic (exact) mass is 333 g/mol. The number of hydrogen-bond donors (Lipinski definition) is 1. The van der Waals surface area contributed by atoms with Crippen LogP contribution in [-0.4, -0.2) is 18.4 Å². The predicted molar refractivity (Wildman–Crippen MR) is 75.8 cm³/mol. The number of H-pyrrole nitrogens is 1. The largest absolute Gasteiger partial charge is 0.378 e. The normalized spacial score (nSPS) is 11.8. The van der Waals surface area contributed by atoms with Gasteiger partial charge in [0, 0.05) is 22.2 Å². The maximum absolute atomic E-state index is 12.2. The van der Waals surface area contributed by atoms with Gasteiger partial charge in [-0.1, -0.05) is 37.0 Å². The van der Waals surface area contributed by atoms with Gasteiger partial charge < -0.3 is 9.17 Å². The Hall–Kier alpha value is -1.24. The van der Waals surface area contributed by atoms with Gasteiger partial charge in [-0.05, 0) is 12.0 Å². The van der Waals surface area contributed by atoms with Gasteiger partial charge in [-0.3, -0.25) is 0 Å². The predicted octanol–water partition coefficient (Wildman–Crippen LogP) is 3.41. The molecule has 1 aromatic heterocycles. The Morgan fingerprint density at radius 2 is 1.85 bits per heavy atom. The van der Waals surface area contributed by atoms with Crippen LogP contribution in [0, 0.1) is 6.33 Å². The van der Waals surface area contributed by atoms with Gasteiger partial charge in [0.25, 0.3) is 0 Å². The fraction of sp³-hybridized carbons (Fsp3) is 0.250. The van der Waals surface area contributed by atoms with Crippen molar-refractivity contribution < 1.29 is 12.6 Å². The van der Waals surface area contributed by atoms with E-state index in [4.69, 9.17) is 27.4 Å². The number of nitrogens with one attached hydrogen (secondary N) is 1. The number of benzene rings is 1. The Morgan fingerprint density at radius 1 is 1.25 bits per heavy atom. The summed E-state index contributed by atoms with van der Waals surface area (Å²) < 4.78 is 29.4. The van der Waals surface area contributed by atoms with Crippen molar-refractivity contribution in [1.29, 1.82) is 0 Å². The first-order valence-electron chi connectivity index (χ1n) is 5.66. The summed E-state index contributed by atoms with van der Waals surface area (Å²) in [6.07, 6.45) is 2.41. The van der Waals surface area contributed by atoms with Crippen molar-refractivity contribution in [2.45, 2.75) is 24.8 Å². The summed E-state index contributed by atoms with van der Waals surface area (Å²) >= 11 is 11.6. The van der Waals surface area contributed by atoms with E-state index in [-0.39, 0.29) is 26.7 Å². The smallest absolute Gasteiger partial charge is 0.356 e. The van der Waals surface area contributed by atoms with Crippen molar-refractivity contribution >= 4 is 33.3 Å². The molecule has 0 bridgehead atoms. The average molecular weight is 334 g/mol. The number of rotatable bonds is 4. The third kappa shape index (κ3) is 3.26. The highest BCUT2D eigenvalue weighted by atomic mass is 35.5. The van der Waals surface area contributed by atoms with Gasteiger partial charge in [-0.2, -0.15) is 8.42 Å². The lowest BCUT2D eigenvalue weighted by Crippen LogP contribution is -2.13. The highest BCUT2D eigenvalue weighted by Gasteiger charge is 2.25. The van der Waals surface area contributed by atoms with Gasteiger partial charge in [0.2, 0.25) is 0 Å². The lowest BCUT2D eigenvalue weighted by Gasteiger charge is -2.09. The molecule has 0 aliphatic rings. The molecule has 2 aromatic rings. The molecule has 107 valence electrons. The van der Waals surface area contributed by atoms with Crippen molar-refractivity contribution in [3.63, 3.8) is 0 Å². The van der Waals surface area contributed by atoms with E-state index < -0.39 is 10.1 Å². The summed E-state index contributed by atoms with van der Waals surface area (Å²) in [5.41, 5.74) is 0.359. The first kappa shape index (κ1) is 15.2. The number of aromatic amines is 1. The van der Waals surface area contributed by atoms with Gasteiger partial charge in [0.05, 0.1) is 5.69 Å². The fourth-order valence-corrected chi connectivity index (χ4v) is 3.23. The molecule has 0 amide bonds. The van der Waals surface area contributed by atoms with Gasteiger partial charge in [-0.25, -0.2) is 4.98 Å². The third-order valence-electron chi connectivity index (χ3n) is 2.42. The maximum atomic E-state index is 12.2. The SMILES string of the molecule is CC(C)c1n[c][nH]c1S(=O)(=O)Oc1cc(Cl)cc(Cl)c1. The Morgan fingerprint density at radius 3 is 2.40 bits per heavy atom. The van der Waals surface area contributed by atoms with E-state index in [0.29, 0.717) is 5.69 Å². The molecule has 0 aliphatic heterocycles. The van der Waals surface area contributed by atoms with E-state index in [2.05, 4.69) is 16.3 Å². The number of aromatic nitrogens is 2. The van der Waals surface area contributed by atoms with Crippen molar-refractivity contribution in [1.82, 2.24) is 9.97 Å². The van der Waals surface area contributed by atoms with Crippen molar-refractivity contribution in [2.75, 3.05) is 0 Å². The minimum absolute atomic E-state index is 0.0341. The molecular formula is C12H11Cl2N2O3S. The molecule has 0 aliphatic carbocycles. The first-order valence-corrected chi connectivity index (χ1v) is 7.82. The van der Waals surface area contributed by atoms with Crippen molar-refractivity contribution in [2.24, 2.45) is 0 Å². The lowest BCUT2D eigenvalue weighted by atomic mass is 10.2. The molecule has 0 saturated carbocycles. The molecule has 20 heavy (non-hydrogen) atoms. The number of nitrogens with zero attached hydrogens (tertiary/aromatic N) is 1. The lowest BCUT2D eigenvalue weighted by molar-refractivity contribution is 0.481. The number of halogens is 2. The topological polar surface area (TPSA) is 72.0 Å². The summed E-state index contributed by atoms with van der Waals surface area (Å²) in [6, 6.07) is 4.20. The van der Waals surface area contributed by atoms with Crippen LogP contribution < -0.4 is 4.18 Å². The molecule has 1 radical (unpaired) electrons. The standard InChI is InChI=1S/C12H11Cl2N2O3S/c1-7(2)11-12(16-6-15-11)20(17,18)19-10-4-8(13)3-9(14)5-10/h3-5,7H,1-2H3,(H,15,16). The van der Waals surface area contributed by atoms with Crippen molar-refractivity contribution in [3.05, 3.63) is 40.3 Å². The van der Waals surface area contributed by atoms with Crippen LogP contribution in [0.1, 0.15) is 25.5 Å². The Balaban J connectivity index is 2.38. The summed E-state index contributed by atoms with van der Waals surface area (Å²) in [5, 5.41) is 0.439. The van der Waals surface area contributed by atoms with Gasteiger partial charge in [0.15, 0.2) is 11.4 Å². The summed E-state index contributed by atoms with van der Waals surface area (Å²) in [5.74, 6) is -0.0550. The minimum Gasteiger partial charge on any atom is -0.378 e. The molecule has 8 heteroatoms. The Bertz CT molecular complexity index is 706. The molecule has 1 aromatic carbocycles. The molecule has 0 saturated heterocycles. The van der Waals surface area contributed by atoms with E-state index in [1.165, 1.54) is 18.2 Å². The summed E-state index contributed by atoms with van der Waals surface area (Å²) in [4.78, 5) is 6.33. The van der Waals surface area contributed by atoms with Crippen LogP contribution >= 0.6 is 23.2 Å². The summed E-state index contributed by atoms with van der Waals surface area (Å²) in [6.45, 7) is 3.64. The van der Waals surface area contributed by atoms with Crippen LogP contribution in [0.3, 0.4) is 0 Å². The maximum Gasteiger partial charge on any atom is 0.356 e. The Kier molecular flexibility index (Phi) is 4.27. The van der Waals surface area contributed by atoms with Crippen LogP contribution in [0.5, 0.6) is 5.75 Å². The molecule has 0 atom stereocenters. The quantitative estimate of drug-likeness (QED) is 0.870. The minimum atomic E-state index is -4.05. The first-order chi connectivity index (χ1) is 9.29. The highest BCUT2D eigenvalue weighted by Crippen LogP contribution is 2.28. The molecule has 0 fully saturated rings. The zero-order valence-electron chi connectivity index (χ0n) is 10.6. The van der Waals surface area contributed by atoms with Gasteiger partial charge in [-0.15, -0.1) is 0 Å². The van der Waals surface area contributed by atoms with E-state index in [0.717, 1.165) is 0 Å². The van der Waals surface area contributed by atoms with Crippen LogP contribution in [0.15, 0.2) is 23.2 Å². The number of imidazole rings is 1. The zero-order chi connectivity index (χ0) is 14.9. The van der Waals surface area contributed by atoms with E-state index in [9.17, 15) is 8.42 Å². The molecule has 2 rings (SSSR count). The molecule has 0 spiro atoms. The van der Waals surface area contributed by atoms with E-state index in [1.54, 1.807) is 0 Å². The third-order valence-corrected chi connectivity index (χ3v) is 4.08. The van der Waals surface area contributed by atoms with Crippen LogP contribution in [0.25, 0.3) is 0 Å². The molecular weight excluding hydrogens is 323 g/mol. The van der Waals surface area contributed by atoms with Crippen molar-refractivity contribution in [3.8, 4) is 5.75 Å². The second-order valence-electron chi connectivity index (χ2n) is 4.36. The zero-order valence-corrected chi connectivity index (χ0v) is 13.0. The molecule has 0 unspecified atom stereocenters. The average Bonchev–Trinajstić information content (AvgIpc) is 2.75. The number of hydrogen-bond acceptors (Lipinski definition) is 4. The highest BCUT2D eigenvalue weighted by molar-refractivity contribution is 7.87. The van der Waals surface area contributed by atoms with Gasteiger partial charge >= 0.3 is 10.1 Å². The molecule has 1 heterocycles. The van der Waals surface area contributed by atoms with Crippen LogP contribution in [0.4, 0.5) is 0 Å². The second-order valence-corrected chi connectivity index (χ2v) is 6.72. The Labute approximate surface area is 127 Å². The fourth-order valence-electron chi connectivity index (χ4n) is 1.58.